The molecule has 0 radical (unpaired) electrons. The van der Waals surface area contributed by atoms with Crippen LogP contribution in [0.5, 0.6) is 0 Å². The number of pyridine rings is 1. The van der Waals surface area contributed by atoms with Crippen molar-refractivity contribution in [1.82, 2.24) is 25.1 Å². The maximum Gasteiger partial charge on any atom is 0.187 e. The molecule has 0 aliphatic rings. The van der Waals surface area contributed by atoms with Crippen molar-refractivity contribution >= 4 is 22.8 Å². The highest BCUT2D eigenvalue weighted by Gasteiger charge is 2.18. The molecule has 3 heterocycles. The van der Waals surface area contributed by atoms with Gasteiger partial charge in [-0.15, -0.1) is 0 Å². The van der Waals surface area contributed by atoms with Gasteiger partial charge in [0.05, 0.1) is 17.6 Å². The van der Waals surface area contributed by atoms with Gasteiger partial charge < -0.3 is 0 Å². The summed E-state index contributed by atoms with van der Waals surface area (Å²) in [5.74, 6) is -0.281. The molecule has 0 amide bonds. The summed E-state index contributed by atoms with van der Waals surface area (Å²) in [7, 11) is 0. The van der Waals surface area contributed by atoms with E-state index in [4.69, 9.17) is 4.98 Å². The minimum atomic E-state index is -0.281. The predicted molar refractivity (Wildman–Crippen MR) is 96.8 cm³/mol. The van der Waals surface area contributed by atoms with E-state index in [0.29, 0.717) is 10.8 Å². The minimum absolute atomic E-state index is 0.281. The van der Waals surface area contributed by atoms with Gasteiger partial charge in [0.2, 0.25) is 0 Å². The first-order valence-corrected chi connectivity index (χ1v) is 8.87. The third-order valence-electron chi connectivity index (χ3n) is 4.05. The van der Waals surface area contributed by atoms with Crippen molar-refractivity contribution < 1.29 is 4.39 Å². The van der Waals surface area contributed by atoms with Gasteiger partial charge in [-0.05, 0) is 49.1 Å². The first-order valence-electron chi connectivity index (χ1n) is 7.64. The van der Waals surface area contributed by atoms with Crippen LogP contribution in [0.4, 0.5) is 4.39 Å². The van der Waals surface area contributed by atoms with Crippen molar-refractivity contribution in [2.45, 2.75) is 12.1 Å². The third kappa shape index (κ3) is 2.76. The van der Waals surface area contributed by atoms with Gasteiger partial charge in [0.15, 0.2) is 10.8 Å². The average Bonchev–Trinajstić information content (AvgIpc) is 3.11. The molecule has 3 aromatic heterocycles. The van der Waals surface area contributed by atoms with Crippen LogP contribution in [0.15, 0.2) is 47.9 Å². The van der Waals surface area contributed by atoms with E-state index in [0.717, 1.165) is 33.5 Å². The number of aryl methyl sites for hydroxylation is 1. The highest BCUT2D eigenvalue weighted by molar-refractivity contribution is 7.98. The number of halogens is 1. The Labute approximate surface area is 147 Å². The number of nitrogens with one attached hydrogen (secondary N) is 1. The summed E-state index contributed by atoms with van der Waals surface area (Å²) >= 11 is 1.48. The van der Waals surface area contributed by atoms with Crippen molar-refractivity contribution in [2.24, 2.45) is 0 Å². The van der Waals surface area contributed by atoms with Gasteiger partial charge in [0, 0.05) is 22.7 Å². The summed E-state index contributed by atoms with van der Waals surface area (Å²) < 4.78 is 13.3. The molecule has 0 aliphatic heterocycles. The average molecular weight is 351 g/mol. The Morgan fingerprint density at radius 2 is 1.88 bits per heavy atom. The highest BCUT2D eigenvalue weighted by atomic mass is 32.2. The lowest BCUT2D eigenvalue weighted by molar-refractivity contribution is 0.628. The van der Waals surface area contributed by atoms with E-state index in [1.54, 1.807) is 24.5 Å². The topological polar surface area (TPSA) is 67.3 Å². The molecule has 1 N–H and O–H groups in total. The molecule has 0 unspecified atom stereocenters. The molecule has 4 rings (SSSR count). The van der Waals surface area contributed by atoms with Gasteiger partial charge in [-0.3, -0.25) is 5.10 Å². The molecule has 0 atom stereocenters. The summed E-state index contributed by atoms with van der Waals surface area (Å²) in [5, 5.41) is 8.63. The molecule has 5 nitrogen and oxygen atoms in total. The number of aromatic amines is 1. The van der Waals surface area contributed by atoms with Crippen LogP contribution in [0.1, 0.15) is 5.56 Å². The van der Waals surface area contributed by atoms with Crippen molar-refractivity contribution in [3.63, 3.8) is 0 Å². The molecule has 0 fully saturated rings. The first-order chi connectivity index (χ1) is 12.2. The molecule has 0 bridgehead atoms. The summed E-state index contributed by atoms with van der Waals surface area (Å²) in [6, 6.07) is 8.17. The number of hydrogen-bond acceptors (Lipinski definition) is 5. The van der Waals surface area contributed by atoms with Gasteiger partial charge in [0.1, 0.15) is 5.82 Å². The number of fused-ring (bicyclic) bond motifs is 1. The number of rotatable bonds is 3. The SMILES string of the molecule is CSc1nccc(-c2c(-c3ccc(F)cc3)nc3[nH]ncc3c2C)n1. The van der Waals surface area contributed by atoms with Crippen molar-refractivity contribution in [3.8, 4) is 22.5 Å². The third-order valence-corrected chi connectivity index (χ3v) is 4.61. The maximum absolute atomic E-state index is 13.3. The Hall–Kier alpha value is -2.80. The number of H-pyrrole nitrogens is 1. The van der Waals surface area contributed by atoms with Gasteiger partial charge in [-0.1, -0.05) is 11.8 Å². The van der Waals surface area contributed by atoms with E-state index in [2.05, 4.69) is 20.2 Å². The largest absolute Gasteiger partial charge is 0.261 e. The highest BCUT2D eigenvalue weighted by Crippen LogP contribution is 2.36. The minimum Gasteiger partial charge on any atom is -0.261 e. The van der Waals surface area contributed by atoms with Gasteiger partial charge in [0.25, 0.3) is 0 Å². The standard InChI is InChI=1S/C18H14FN5S/c1-10-13-9-21-24-17(13)23-16(11-3-5-12(19)6-4-11)15(10)14-7-8-20-18(22-14)25-2/h3-9H,1-2H3,(H,21,23,24). The summed E-state index contributed by atoms with van der Waals surface area (Å²) in [6.07, 6.45) is 5.43. The quantitative estimate of drug-likeness (QED) is 0.441. The molecular formula is C18H14FN5S. The van der Waals surface area contributed by atoms with Crippen molar-refractivity contribution in [1.29, 1.82) is 0 Å². The van der Waals surface area contributed by atoms with E-state index >= 15 is 0 Å². The fourth-order valence-corrected chi connectivity index (χ4v) is 3.18. The summed E-state index contributed by atoms with van der Waals surface area (Å²) in [5.41, 5.74) is 4.95. The van der Waals surface area contributed by atoms with E-state index < -0.39 is 0 Å². The van der Waals surface area contributed by atoms with E-state index in [1.807, 2.05) is 19.2 Å². The molecule has 0 spiro atoms. The predicted octanol–water partition coefficient (Wildman–Crippen LogP) is 4.25. The van der Waals surface area contributed by atoms with E-state index in [-0.39, 0.29) is 5.82 Å². The Morgan fingerprint density at radius 1 is 1.08 bits per heavy atom. The summed E-state index contributed by atoms with van der Waals surface area (Å²) in [4.78, 5) is 13.6. The second kappa shape index (κ2) is 6.25. The number of benzene rings is 1. The fourth-order valence-electron chi connectivity index (χ4n) is 2.83. The smallest absolute Gasteiger partial charge is 0.187 e. The van der Waals surface area contributed by atoms with Crippen LogP contribution >= 0.6 is 11.8 Å². The van der Waals surface area contributed by atoms with Crippen molar-refractivity contribution in [2.75, 3.05) is 6.26 Å². The number of aromatic nitrogens is 5. The molecule has 0 aliphatic carbocycles. The molecule has 124 valence electrons. The zero-order chi connectivity index (χ0) is 17.4. The molecule has 0 saturated heterocycles. The molecule has 4 aromatic rings. The molecule has 0 saturated carbocycles. The normalized spacial score (nSPS) is 11.2. The van der Waals surface area contributed by atoms with Crippen molar-refractivity contribution in [3.05, 3.63) is 54.1 Å². The Kier molecular flexibility index (Phi) is 3.93. The number of thioether (sulfide) groups is 1. The zero-order valence-electron chi connectivity index (χ0n) is 13.6. The number of nitrogens with zero attached hydrogens (tertiary/aromatic N) is 4. The van der Waals surface area contributed by atoms with Crippen LogP contribution in [0.3, 0.4) is 0 Å². The maximum atomic E-state index is 13.3. The lowest BCUT2D eigenvalue weighted by Crippen LogP contribution is -1.98. The number of hydrogen-bond donors (Lipinski definition) is 1. The molecule has 1 aromatic carbocycles. The van der Waals surface area contributed by atoms with Gasteiger partial charge in [-0.2, -0.15) is 5.10 Å². The lowest BCUT2D eigenvalue weighted by Gasteiger charge is -2.13. The van der Waals surface area contributed by atoms with Crippen LogP contribution in [0.25, 0.3) is 33.5 Å². The van der Waals surface area contributed by atoms with E-state index in [1.165, 1.54) is 23.9 Å². The Bertz CT molecular complexity index is 1060. The second-order valence-electron chi connectivity index (χ2n) is 5.53. The van der Waals surface area contributed by atoms with E-state index in [9.17, 15) is 4.39 Å². The molecule has 25 heavy (non-hydrogen) atoms. The fraction of sp³-hybridized carbons (Fsp3) is 0.111. The van der Waals surface area contributed by atoms with Crippen LogP contribution in [-0.4, -0.2) is 31.4 Å². The van der Waals surface area contributed by atoms with Crippen LogP contribution < -0.4 is 0 Å². The first kappa shape index (κ1) is 15.7. The van der Waals surface area contributed by atoms with Crippen LogP contribution in [0, 0.1) is 12.7 Å². The Morgan fingerprint density at radius 3 is 2.64 bits per heavy atom. The molecule has 7 heteroatoms. The Balaban J connectivity index is 2.04. The summed E-state index contributed by atoms with van der Waals surface area (Å²) in [6.45, 7) is 2.02. The monoisotopic (exact) mass is 351 g/mol. The lowest BCUT2D eigenvalue weighted by atomic mass is 9.97. The van der Waals surface area contributed by atoms with Gasteiger partial charge >= 0.3 is 0 Å². The second-order valence-corrected chi connectivity index (χ2v) is 6.30. The van der Waals surface area contributed by atoms with Crippen LogP contribution in [0.2, 0.25) is 0 Å². The molecular weight excluding hydrogens is 337 g/mol. The van der Waals surface area contributed by atoms with Gasteiger partial charge in [-0.25, -0.2) is 19.3 Å². The van der Waals surface area contributed by atoms with Crippen LogP contribution in [-0.2, 0) is 0 Å². The zero-order valence-corrected chi connectivity index (χ0v) is 14.4.